The van der Waals surface area contributed by atoms with Crippen LogP contribution in [0.5, 0.6) is 0 Å². The molecular weight excluding hydrogens is 276 g/mol. The fraction of sp³-hybridized carbons (Fsp3) is 0.615. The number of anilines is 1. The fourth-order valence-electron chi connectivity index (χ4n) is 1.81. The molecule has 1 unspecified atom stereocenters. The van der Waals surface area contributed by atoms with Crippen LogP contribution in [-0.4, -0.2) is 34.9 Å². The average molecular weight is 296 g/mol. The molecule has 2 N–H and O–H groups in total. The Bertz CT molecular complexity index is 521. The third-order valence-corrected chi connectivity index (χ3v) is 4.04. The van der Waals surface area contributed by atoms with Gasteiger partial charge in [0.2, 0.25) is 11.8 Å². The quantitative estimate of drug-likeness (QED) is 0.810. The zero-order chi connectivity index (χ0) is 14.9. The van der Waals surface area contributed by atoms with Crippen molar-refractivity contribution in [3.8, 4) is 0 Å². The Balaban J connectivity index is 2.08. The average Bonchev–Trinajstić information content (AvgIpc) is 2.79. The van der Waals surface area contributed by atoms with Crippen LogP contribution in [0, 0.1) is 0 Å². The second kappa shape index (κ2) is 5.49. The van der Waals surface area contributed by atoms with Crippen LogP contribution in [0.4, 0.5) is 5.13 Å². The van der Waals surface area contributed by atoms with E-state index in [1.54, 1.807) is 18.0 Å². The number of aromatic nitrogens is 1. The number of nitrogens with one attached hydrogen (secondary N) is 2. The van der Waals surface area contributed by atoms with Gasteiger partial charge in [-0.3, -0.25) is 14.9 Å². The Kier molecular flexibility index (Phi) is 4.10. The summed E-state index contributed by atoms with van der Waals surface area (Å²) in [4.78, 5) is 30.3. The van der Waals surface area contributed by atoms with Crippen LogP contribution in [0.25, 0.3) is 0 Å². The first kappa shape index (κ1) is 14.9. The van der Waals surface area contributed by atoms with Gasteiger partial charge in [-0.2, -0.15) is 0 Å². The van der Waals surface area contributed by atoms with E-state index in [-0.39, 0.29) is 29.9 Å². The minimum atomic E-state index is -0.373. The molecule has 0 spiro atoms. The van der Waals surface area contributed by atoms with Crippen molar-refractivity contribution >= 4 is 28.3 Å². The molecule has 2 rings (SSSR count). The SMILES string of the molecule is CC1C(=O)NC(=O)CN1c1ncc(CNC(C)(C)C)s1. The largest absolute Gasteiger partial charge is 0.327 e. The van der Waals surface area contributed by atoms with Gasteiger partial charge in [-0.1, -0.05) is 0 Å². The molecule has 0 saturated carbocycles. The van der Waals surface area contributed by atoms with Crippen molar-refractivity contribution < 1.29 is 9.59 Å². The number of piperazine rings is 1. The number of imide groups is 1. The van der Waals surface area contributed by atoms with E-state index in [1.165, 1.54) is 11.3 Å². The molecular formula is C13H20N4O2S. The summed E-state index contributed by atoms with van der Waals surface area (Å²) >= 11 is 1.51. The van der Waals surface area contributed by atoms with E-state index in [9.17, 15) is 9.59 Å². The Morgan fingerprint density at radius 1 is 1.50 bits per heavy atom. The van der Waals surface area contributed by atoms with E-state index in [2.05, 4.69) is 36.4 Å². The van der Waals surface area contributed by atoms with Crippen LogP contribution in [0.15, 0.2) is 6.20 Å². The normalized spacial score (nSPS) is 20.2. The van der Waals surface area contributed by atoms with Crippen molar-refractivity contribution in [3.63, 3.8) is 0 Å². The summed E-state index contributed by atoms with van der Waals surface area (Å²) in [7, 11) is 0. The van der Waals surface area contributed by atoms with Crippen molar-refractivity contribution in [3.05, 3.63) is 11.1 Å². The summed E-state index contributed by atoms with van der Waals surface area (Å²) < 4.78 is 0. The molecule has 0 bridgehead atoms. The first-order valence-corrected chi connectivity index (χ1v) is 7.38. The predicted octanol–water partition coefficient (Wildman–Crippen LogP) is 0.882. The Hall–Kier alpha value is -1.47. The highest BCUT2D eigenvalue weighted by Crippen LogP contribution is 2.25. The number of rotatable bonds is 3. The Morgan fingerprint density at radius 2 is 2.20 bits per heavy atom. The van der Waals surface area contributed by atoms with Gasteiger partial charge in [0.1, 0.15) is 12.6 Å². The number of carbonyl (C=O) groups is 2. The van der Waals surface area contributed by atoms with Gasteiger partial charge in [0.25, 0.3) is 0 Å². The molecule has 1 aromatic heterocycles. The summed E-state index contributed by atoms with van der Waals surface area (Å²) in [6.07, 6.45) is 1.79. The van der Waals surface area contributed by atoms with Gasteiger partial charge in [-0.15, -0.1) is 11.3 Å². The first-order chi connectivity index (χ1) is 9.26. The second-order valence-corrected chi connectivity index (χ2v) is 7.02. The second-order valence-electron chi connectivity index (χ2n) is 5.93. The lowest BCUT2D eigenvalue weighted by Gasteiger charge is -2.31. The van der Waals surface area contributed by atoms with E-state index in [4.69, 9.17) is 0 Å². The highest BCUT2D eigenvalue weighted by atomic mass is 32.1. The lowest BCUT2D eigenvalue weighted by atomic mass is 10.1. The lowest BCUT2D eigenvalue weighted by molar-refractivity contribution is -0.132. The van der Waals surface area contributed by atoms with E-state index in [0.29, 0.717) is 5.13 Å². The highest BCUT2D eigenvalue weighted by molar-refractivity contribution is 7.15. The fourth-order valence-corrected chi connectivity index (χ4v) is 2.74. The topological polar surface area (TPSA) is 74.3 Å². The zero-order valence-electron chi connectivity index (χ0n) is 12.2. The summed E-state index contributed by atoms with van der Waals surface area (Å²) in [5, 5.41) is 6.43. The number of hydrogen-bond donors (Lipinski definition) is 2. The minimum absolute atomic E-state index is 0.0401. The number of carbonyl (C=O) groups excluding carboxylic acids is 2. The molecule has 1 aliphatic rings. The van der Waals surface area contributed by atoms with Gasteiger partial charge in [-0.05, 0) is 27.7 Å². The molecule has 1 saturated heterocycles. The third kappa shape index (κ3) is 3.55. The molecule has 1 atom stereocenters. The van der Waals surface area contributed by atoms with Crippen molar-refractivity contribution in [2.24, 2.45) is 0 Å². The van der Waals surface area contributed by atoms with Gasteiger partial charge in [0.15, 0.2) is 5.13 Å². The van der Waals surface area contributed by atoms with Crippen LogP contribution in [0.3, 0.4) is 0 Å². The number of nitrogens with zero attached hydrogens (tertiary/aromatic N) is 2. The minimum Gasteiger partial charge on any atom is -0.327 e. The van der Waals surface area contributed by atoms with Crippen molar-refractivity contribution in [2.45, 2.75) is 45.8 Å². The zero-order valence-corrected chi connectivity index (χ0v) is 13.0. The molecule has 0 aliphatic carbocycles. The van der Waals surface area contributed by atoms with Crippen LogP contribution >= 0.6 is 11.3 Å². The van der Waals surface area contributed by atoms with E-state index >= 15 is 0 Å². The van der Waals surface area contributed by atoms with Crippen LogP contribution in [0.1, 0.15) is 32.6 Å². The monoisotopic (exact) mass is 296 g/mol. The van der Waals surface area contributed by atoms with E-state index in [0.717, 1.165) is 11.4 Å². The molecule has 0 aromatic carbocycles. The standard InChI is InChI=1S/C13H20N4O2S/c1-8-11(19)16-10(18)7-17(8)12-14-5-9(20-12)6-15-13(2,3)4/h5,8,15H,6-7H2,1-4H3,(H,16,18,19). The van der Waals surface area contributed by atoms with Crippen LogP contribution in [0.2, 0.25) is 0 Å². The summed E-state index contributed by atoms with van der Waals surface area (Å²) in [5.41, 5.74) is 0.0401. The van der Waals surface area contributed by atoms with Gasteiger partial charge in [-0.25, -0.2) is 4.98 Å². The van der Waals surface area contributed by atoms with Crippen molar-refractivity contribution in [1.29, 1.82) is 0 Å². The molecule has 2 heterocycles. The van der Waals surface area contributed by atoms with Crippen LogP contribution < -0.4 is 15.5 Å². The maximum Gasteiger partial charge on any atom is 0.249 e. The third-order valence-electron chi connectivity index (χ3n) is 3.00. The molecule has 2 amide bonds. The highest BCUT2D eigenvalue weighted by Gasteiger charge is 2.31. The maximum atomic E-state index is 11.6. The van der Waals surface area contributed by atoms with Crippen molar-refractivity contribution in [1.82, 2.24) is 15.6 Å². The summed E-state index contributed by atoms with van der Waals surface area (Å²) in [6, 6.07) is -0.373. The number of thiazole rings is 1. The first-order valence-electron chi connectivity index (χ1n) is 6.56. The van der Waals surface area contributed by atoms with Crippen molar-refractivity contribution in [2.75, 3.05) is 11.4 Å². The molecule has 6 nitrogen and oxygen atoms in total. The van der Waals surface area contributed by atoms with E-state index < -0.39 is 0 Å². The molecule has 1 aliphatic heterocycles. The van der Waals surface area contributed by atoms with Crippen LogP contribution in [-0.2, 0) is 16.1 Å². The van der Waals surface area contributed by atoms with Gasteiger partial charge in [0, 0.05) is 23.2 Å². The smallest absolute Gasteiger partial charge is 0.249 e. The molecule has 1 aromatic rings. The predicted molar refractivity (Wildman–Crippen MR) is 78.7 cm³/mol. The summed E-state index contributed by atoms with van der Waals surface area (Å²) in [5.74, 6) is -0.552. The maximum absolute atomic E-state index is 11.6. The Labute approximate surface area is 122 Å². The molecule has 0 radical (unpaired) electrons. The van der Waals surface area contributed by atoms with E-state index in [1.807, 2.05) is 0 Å². The number of hydrogen-bond acceptors (Lipinski definition) is 6. The van der Waals surface area contributed by atoms with Gasteiger partial charge >= 0.3 is 0 Å². The van der Waals surface area contributed by atoms with Gasteiger partial charge in [0.05, 0.1) is 0 Å². The van der Waals surface area contributed by atoms with Gasteiger partial charge < -0.3 is 10.2 Å². The lowest BCUT2D eigenvalue weighted by Crippen LogP contribution is -2.57. The molecule has 20 heavy (non-hydrogen) atoms. The number of amides is 2. The summed E-state index contributed by atoms with van der Waals surface area (Å²) in [6.45, 7) is 8.98. The Morgan fingerprint density at radius 3 is 2.85 bits per heavy atom. The molecule has 110 valence electrons. The molecule has 1 fully saturated rings. The molecule has 7 heteroatoms.